The average Bonchev–Trinajstić information content (AvgIpc) is 2.64. The maximum atomic E-state index is 8.72. The maximum absolute atomic E-state index is 8.72. The first-order chi connectivity index (χ1) is 12.7. The van der Waals surface area contributed by atoms with Crippen molar-refractivity contribution in [1.82, 2.24) is 19.9 Å². The Labute approximate surface area is 155 Å². The zero-order valence-corrected chi connectivity index (χ0v) is 15.0. The minimum atomic E-state index is -0.00340. The smallest absolute Gasteiger partial charge is 0.226 e. The molecule has 26 heavy (non-hydrogen) atoms. The van der Waals surface area contributed by atoms with Crippen molar-refractivity contribution in [3.05, 3.63) is 41.2 Å². The summed E-state index contributed by atoms with van der Waals surface area (Å²) in [6.45, 7) is 3.19. The van der Waals surface area contributed by atoms with Crippen molar-refractivity contribution in [2.75, 3.05) is 37.0 Å². The van der Waals surface area contributed by atoms with Crippen molar-refractivity contribution in [3.8, 4) is 0 Å². The molecule has 0 spiro atoms. The molecule has 0 unspecified atom stereocenters. The Morgan fingerprint density at radius 2 is 2.00 bits per heavy atom. The van der Waals surface area contributed by atoms with Gasteiger partial charge in [-0.25, -0.2) is 9.97 Å². The standard InChI is InChI=1S/C17H19ClN6O2/c1-11-10-12(18)2-3-13(11)22-16-14-15(20-5-4-19-14)23-17(24-16)21-6-8-26-9-7-25/h2-5,10,25H,6-9H2,1H3,(H2,20,21,22,23,24). The van der Waals surface area contributed by atoms with E-state index in [0.29, 0.717) is 47.7 Å². The van der Waals surface area contributed by atoms with Crippen LogP contribution in [0.1, 0.15) is 5.56 Å². The first-order valence-corrected chi connectivity index (χ1v) is 8.49. The number of nitrogens with one attached hydrogen (secondary N) is 2. The fourth-order valence-corrected chi connectivity index (χ4v) is 2.55. The molecule has 0 aliphatic heterocycles. The highest BCUT2D eigenvalue weighted by Crippen LogP contribution is 2.26. The van der Waals surface area contributed by atoms with Gasteiger partial charge in [0.05, 0.1) is 19.8 Å². The van der Waals surface area contributed by atoms with E-state index in [-0.39, 0.29) is 6.61 Å². The van der Waals surface area contributed by atoms with Gasteiger partial charge in [-0.2, -0.15) is 9.97 Å². The van der Waals surface area contributed by atoms with Crippen molar-refractivity contribution >= 4 is 40.2 Å². The van der Waals surface area contributed by atoms with Gasteiger partial charge in [-0.05, 0) is 30.7 Å². The number of aliphatic hydroxyl groups is 1. The van der Waals surface area contributed by atoms with E-state index in [9.17, 15) is 0 Å². The summed E-state index contributed by atoms with van der Waals surface area (Å²) in [5, 5.41) is 15.8. The quantitative estimate of drug-likeness (QED) is 0.516. The number of benzene rings is 1. The third kappa shape index (κ3) is 4.54. The van der Waals surface area contributed by atoms with E-state index in [0.717, 1.165) is 11.3 Å². The summed E-state index contributed by atoms with van der Waals surface area (Å²) in [5.41, 5.74) is 2.91. The molecule has 8 nitrogen and oxygen atoms in total. The second-order valence-corrected chi connectivity index (χ2v) is 5.91. The van der Waals surface area contributed by atoms with Crippen molar-refractivity contribution in [3.63, 3.8) is 0 Å². The Morgan fingerprint density at radius 3 is 2.81 bits per heavy atom. The largest absolute Gasteiger partial charge is 0.394 e. The number of hydrogen-bond acceptors (Lipinski definition) is 8. The molecule has 0 saturated heterocycles. The van der Waals surface area contributed by atoms with Gasteiger partial charge in [0.15, 0.2) is 17.0 Å². The summed E-state index contributed by atoms with van der Waals surface area (Å²) >= 11 is 6.02. The monoisotopic (exact) mass is 374 g/mol. The molecule has 3 rings (SSSR count). The summed E-state index contributed by atoms with van der Waals surface area (Å²) in [5.74, 6) is 0.965. The minimum absolute atomic E-state index is 0.00340. The van der Waals surface area contributed by atoms with Gasteiger partial charge in [0.2, 0.25) is 5.95 Å². The van der Waals surface area contributed by atoms with Crippen LogP contribution in [0.25, 0.3) is 11.2 Å². The van der Waals surface area contributed by atoms with Crippen LogP contribution in [0.3, 0.4) is 0 Å². The van der Waals surface area contributed by atoms with E-state index in [4.69, 9.17) is 21.4 Å². The second-order valence-electron chi connectivity index (χ2n) is 5.47. The number of halogens is 1. The highest BCUT2D eigenvalue weighted by molar-refractivity contribution is 6.30. The number of aryl methyl sites for hydroxylation is 1. The molecule has 9 heteroatoms. The first kappa shape index (κ1) is 18.2. The van der Waals surface area contributed by atoms with Crippen LogP contribution in [0.15, 0.2) is 30.6 Å². The predicted octanol–water partition coefficient (Wildman–Crippen LogP) is 2.55. The van der Waals surface area contributed by atoms with Crippen molar-refractivity contribution in [2.45, 2.75) is 6.92 Å². The first-order valence-electron chi connectivity index (χ1n) is 8.12. The van der Waals surface area contributed by atoms with Crippen LogP contribution >= 0.6 is 11.6 Å². The lowest BCUT2D eigenvalue weighted by atomic mass is 10.2. The molecule has 0 radical (unpaired) electrons. The molecular formula is C17H19ClN6O2. The Kier molecular flexibility index (Phi) is 6.11. The lowest BCUT2D eigenvalue weighted by molar-refractivity contribution is 0.0991. The van der Waals surface area contributed by atoms with Crippen LogP contribution in [0.4, 0.5) is 17.5 Å². The van der Waals surface area contributed by atoms with E-state index < -0.39 is 0 Å². The van der Waals surface area contributed by atoms with Crippen molar-refractivity contribution in [2.24, 2.45) is 0 Å². The molecule has 1 aromatic carbocycles. The van der Waals surface area contributed by atoms with E-state index in [1.165, 1.54) is 0 Å². The zero-order valence-electron chi connectivity index (χ0n) is 14.2. The number of ether oxygens (including phenoxy) is 1. The molecule has 0 saturated carbocycles. The molecule has 3 N–H and O–H groups in total. The highest BCUT2D eigenvalue weighted by atomic mass is 35.5. The van der Waals surface area contributed by atoms with Gasteiger partial charge in [-0.1, -0.05) is 11.6 Å². The van der Waals surface area contributed by atoms with Gasteiger partial charge in [0.1, 0.15) is 0 Å². The molecule has 0 amide bonds. The molecule has 2 aromatic heterocycles. The molecule has 0 atom stereocenters. The molecule has 2 heterocycles. The summed E-state index contributed by atoms with van der Waals surface area (Å²) in [6.07, 6.45) is 3.18. The summed E-state index contributed by atoms with van der Waals surface area (Å²) in [7, 11) is 0. The van der Waals surface area contributed by atoms with Crippen LogP contribution in [0.2, 0.25) is 5.02 Å². The number of anilines is 3. The summed E-state index contributed by atoms with van der Waals surface area (Å²) < 4.78 is 5.22. The molecular weight excluding hydrogens is 356 g/mol. The number of hydrogen-bond donors (Lipinski definition) is 3. The Balaban J connectivity index is 1.85. The van der Waals surface area contributed by atoms with E-state index in [2.05, 4.69) is 30.6 Å². The van der Waals surface area contributed by atoms with Gasteiger partial charge in [0.25, 0.3) is 0 Å². The number of rotatable bonds is 8. The van der Waals surface area contributed by atoms with E-state index >= 15 is 0 Å². The average molecular weight is 375 g/mol. The third-order valence-electron chi connectivity index (χ3n) is 3.54. The van der Waals surface area contributed by atoms with Gasteiger partial charge < -0.3 is 20.5 Å². The predicted molar refractivity (Wildman–Crippen MR) is 101 cm³/mol. The zero-order chi connectivity index (χ0) is 18.4. The Bertz CT molecular complexity index is 892. The van der Waals surface area contributed by atoms with E-state index in [1.54, 1.807) is 12.4 Å². The van der Waals surface area contributed by atoms with E-state index in [1.807, 2.05) is 25.1 Å². The van der Waals surface area contributed by atoms with Gasteiger partial charge in [-0.3, -0.25) is 0 Å². The van der Waals surface area contributed by atoms with Gasteiger partial charge >= 0.3 is 0 Å². The Morgan fingerprint density at radius 1 is 1.15 bits per heavy atom. The lowest BCUT2D eigenvalue weighted by Gasteiger charge is -2.12. The second kappa shape index (κ2) is 8.70. The number of aromatic nitrogens is 4. The molecule has 0 fully saturated rings. The minimum Gasteiger partial charge on any atom is -0.394 e. The topological polar surface area (TPSA) is 105 Å². The number of nitrogens with zero attached hydrogens (tertiary/aromatic N) is 4. The van der Waals surface area contributed by atoms with Gasteiger partial charge in [-0.15, -0.1) is 0 Å². The fourth-order valence-electron chi connectivity index (χ4n) is 2.33. The van der Waals surface area contributed by atoms with Crippen molar-refractivity contribution in [1.29, 1.82) is 0 Å². The van der Waals surface area contributed by atoms with Crippen LogP contribution in [0.5, 0.6) is 0 Å². The normalized spacial score (nSPS) is 10.9. The molecule has 0 aliphatic carbocycles. The van der Waals surface area contributed by atoms with Crippen LogP contribution in [0, 0.1) is 6.92 Å². The SMILES string of the molecule is Cc1cc(Cl)ccc1Nc1nc(NCCOCCO)nc2nccnc12. The van der Waals surface area contributed by atoms with Crippen molar-refractivity contribution < 1.29 is 9.84 Å². The number of fused-ring (bicyclic) bond motifs is 1. The van der Waals surface area contributed by atoms with Gasteiger partial charge in [0, 0.05) is 29.6 Å². The third-order valence-corrected chi connectivity index (χ3v) is 3.77. The summed E-state index contributed by atoms with van der Waals surface area (Å²) in [6, 6.07) is 5.57. The maximum Gasteiger partial charge on any atom is 0.226 e. The number of aliphatic hydroxyl groups excluding tert-OH is 1. The lowest BCUT2D eigenvalue weighted by Crippen LogP contribution is -2.14. The Hall–Kier alpha value is -2.55. The summed E-state index contributed by atoms with van der Waals surface area (Å²) in [4.78, 5) is 17.5. The van der Waals surface area contributed by atoms with Crippen LogP contribution in [-0.2, 0) is 4.74 Å². The molecule has 136 valence electrons. The fraction of sp³-hybridized carbons (Fsp3) is 0.294. The highest BCUT2D eigenvalue weighted by Gasteiger charge is 2.11. The van der Waals surface area contributed by atoms with Crippen LogP contribution in [-0.4, -0.2) is 51.4 Å². The van der Waals surface area contributed by atoms with Crippen LogP contribution < -0.4 is 10.6 Å². The molecule has 0 bridgehead atoms. The molecule has 0 aliphatic rings. The molecule has 3 aromatic rings.